The maximum atomic E-state index is 12.5. The molecule has 1 aliphatic heterocycles. The van der Waals surface area contributed by atoms with E-state index in [2.05, 4.69) is 15.0 Å². The first-order valence-electron chi connectivity index (χ1n) is 7.46. The van der Waals surface area contributed by atoms with Gasteiger partial charge in [0.25, 0.3) is 0 Å². The van der Waals surface area contributed by atoms with Crippen LogP contribution in [0.25, 0.3) is 0 Å². The molecule has 0 radical (unpaired) electrons. The van der Waals surface area contributed by atoms with Gasteiger partial charge in [0.05, 0.1) is 35.6 Å². The van der Waals surface area contributed by atoms with E-state index in [1.54, 1.807) is 6.07 Å². The van der Waals surface area contributed by atoms with E-state index in [-0.39, 0.29) is 22.0 Å². The molecule has 0 unspecified atom stereocenters. The summed E-state index contributed by atoms with van der Waals surface area (Å²) in [6, 6.07) is 4.73. The smallest absolute Gasteiger partial charge is 0.224 e. The van der Waals surface area contributed by atoms with Gasteiger partial charge in [0.1, 0.15) is 5.82 Å². The van der Waals surface area contributed by atoms with E-state index in [1.807, 2.05) is 11.8 Å². The number of aromatic nitrogens is 3. The molecule has 0 aromatic carbocycles. The Bertz CT molecular complexity index is 817. The van der Waals surface area contributed by atoms with Crippen molar-refractivity contribution in [3.8, 4) is 0 Å². The quantitative estimate of drug-likeness (QED) is 0.759. The van der Waals surface area contributed by atoms with Gasteiger partial charge in [0, 0.05) is 25.0 Å². The van der Waals surface area contributed by atoms with Crippen molar-refractivity contribution in [3.63, 3.8) is 0 Å². The summed E-state index contributed by atoms with van der Waals surface area (Å²) >= 11 is 6.01. The number of sulfone groups is 1. The molecular formula is C15H17ClN4O3S. The Kier molecular flexibility index (Phi) is 4.98. The van der Waals surface area contributed by atoms with Gasteiger partial charge in [-0.1, -0.05) is 0 Å². The van der Waals surface area contributed by atoms with Crippen molar-refractivity contribution in [2.45, 2.75) is 23.6 Å². The highest BCUT2D eigenvalue weighted by atomic mass is 35.5. The molecule has 7 nitrogen and oxygen atoms in total. The van der Waals surface area contributed by atoms with E-state index in [0.29, 0.717) is 31.3 Å². The summed E-state index contributed by atoms with van der Waals surface area (Å²) in [5, 5.41) is 0.0334. The van der Waals surface area contributed by atoms with Crippen molar-refractivity contribution in [2.75, 3.05) is 24.7 Å². The van der Waals surface area contributed by atoms with Crippen LogP contribution in [0.2, 0.25) is 5.28 Å². The molecule has 0 amide bonds. The van der Waals surface area contributed by atoms with Crippen LogP contribution in [0.3, 0.4) is 0 Å². The standard InChI is InChI=1S/C15H17ClN4O3S/c1-11-9-23-7-6-20(11)14-8-12(18-15(16)19-14)10-24(21,22)13-2-4-17-5-3-13/h2-5,8,11H,6-7,9-10H2,1H3/t11-/m0/s1. The Morgan fingerprint density at radius 1 is 1.33 bits per heavy atom. The molecule has 0 saturated carbocycles. The van der Waals surface area contributed by atoms with E-state index < -0.39 is 9.84 Å². The van der Waals surface area contributed by atoms with Crippen LogP contribution in [0.1, 0.15) is 12.6 Å². The number of hydrogen-bond acceptors (Lipinski definition) is 7. The van der Waals surface area contributed by atoms with Crippen LogP contribution in [-0.4, -0.2) is 49.2 Å². The monoisotopic (exact) mass is 368 g/mol. The van der Waals surface area contributed by atoms with Crippen LogP contribution >= 0.6 is 11.6 Å². The topological polar surface area (TPSA) is 85.3 Å². The Morgan fingerprint density at radius 3 is 2.79 bits per heavy atom. The van der Waals surface area contributed by atoms with Crippen LogP contribution in [0.15, 0.2) is 35.5 Å². The fraction of sp³-hybridized carbons (Fsp3) is 0.400. The van der Waals surface area contributed by atoms with Crippen molar-refractivity contribution >= 4 is 27.3 Å². The zero-order valence-electron chi connectivity index (χ0n) is 13.1. The average molecular weight is 369 g/mol. The van der Waals surface area contributed by atoms with Gasteiger partial charge in [-0.05, 0) is 30.7 Å². The Morgan fingerprint density at radius 2 is 2.08 bits per heavy atom. The van der Waals surface area contributed by atoms with Gasteiger partial charge in [0.15, 0.2) is 9.84 Å². The third kappa shape index (κ3) is 3.82. The van der Waals surface area contributed by atoms with Gasteiger partial charge in [-0.25, -0.2) is 18.4 Å². The molecular weight excluding hydrogens is 352 g/mol. The molecule has 0 aliphatic carbocycles. The minimum atomic E-state index is -3.52. The lowest BCUT2D eigenvalue weighted by molar-refractivity contribution is 0.0985. The van der Waals surface area contributed by atoms with E-state index in [9.17, 15) is 8.42 Å². The highest BCUT2D eigenvalue weighted by Crippen LogP contribution is 2.22. The number of anilines is 1. The maximum Gasteiger partial charge on any atom is 0.224 e. The fourth-order valence-electron chi connectivity index (χ4n) is 2.56. The van der Waals surface area contributed by atoms with E-state index in [4.69, 9.17) is 16.3 Å². The lowest BCUT2D eigenvalue weighted by Crippen LogP contribution is -2.44. The van der Waals surface area contributed by atoms with Crippen LogP contribution in [0.4, 0.5) is 5.82 Å². The van der Waals surface area contributed by atoms with Crippen LogP contribution < -0.4 is 4.90 Å². The first-order valence-corrected chi connectivity index (χ1v) is 9.49. The minimum absolute atomic E-state index is 0.0334. The number of hydrogen-bond donors (Lipinski definition) is 0. The molecule has 2 aromatic rings. The van der Waals surface area contributed by atoms with Gasteiger partial charge in [-0.15, -0.1) is 0 Å². The summed E-state index contributed by atoms with van der Waals surface area (Å²) in [5.74, 6) is 0.371. The average Bonchev–Trinajstić information content (AvgIpc) is 2.55. The second-order valence-corrected chi connectivity index (χ2v) is 7.87. The van der Waals surface area contributed by atoms with E-state index in [0.717, 1.165) is 0 Å². The molecule has 0 spiro atoms. The van der Waals surface area contributed by atoms with Crippen molar-refractivity contribution in [2.24, 2.45) is 0 Å². The first kappa shape index (κ1) is 17.1. The molecule has 0 bridgehead atoms. The zero-order chi connectivity index (χ0) is 17.2. The van der Waals surface area contributed by atoms with Gasteiger partial charge in [0.2, 0.25) is 5.28 Å². The van der Waals surface area contributed by atoms with Gasteiger partial charge < -0.3 is 9.64 Å². The first-order chi connectivity index (χ1) is 11.5. The molecule has 0 N–H and O–H groups in total. The zero-order valence-corrected chi connectivity index (χ0v) is 14.7. The molecule has 2 aromatic heterocycles. The predicted molar refractivity (Wildman–Crippen MR) is 89.8 cm³/mol. The Balaban J connectivity index is 1.89. The number of nitrogens with zero attached hydrogens (tertiary/aromatic N) is 4. The lowest BCUT2D eigenvalue weighted by atomic mass is 10.2. The van der Waals surface area contributed by atoms with Crippen LogP contribution in [0, 0.1) is 0 Å². The molecule has 3 rings (SSSR count). The highest BCUT2D eigenvalue weighted by molar-refractivity contribution is 7.90. The summed E-state index contributed by atoms with van der Waals surface area (Å²) in [6.45, 7) is 3.87. The number of ether oxygens (including phenoxy) is 1. The van der Waals surface area contributed by atoms with E-state index >= 15 is 0 Å². The number of pyridine rings is 1. The Hall–Kier alpha value is -1.77. The van der Waals surface area contributed by atoms with Crippen molar-refractivity contribution in [1.29, 1.82) is 0 Å². The van der Waals surface area contributed by atoms with Gasteiger partial charge >= 0.3 is 0 Å². The van der Waals surface area contributed by atoms with Crippen LogP contribution in [0.5, 0.6) is 0 Å². The number of rotatable bonds is 4. The summed E-state index contributed by atoms with van der Waals surface area (Å²) in [6.07, 6.45) is 2.89. The molecule has 128 valence electrons. The third-order valence-electron chi connectivity index (χ3n) is 3.75. The SMILES string of the molecule is C[C@H]1COCCN1c1cc(CS(=O)(=O)c2ccncc2)nc(Cl)n1. The molecule has 1 fully saturated rings. The maximum absolute atomic E-state index is 12.5. The minimum Gasteiger partial charge on any atom is -0.377 e. The van der Waals surface area contributed by atoms with Crippen molar-refractivity contribution < 1.29 is 13.2 Å². The van der Waals surface area contributed by atoms with Crippen molar-refractivity contribution in [3.05, 3.63) is 41.6 Å². The fourth-order valence-corrected chi connectivity index (χ4v) is 4.00. The van der Waals surface area contributed by atoms with E-state index in [1.165, 1.54) is 24.5 Å². The summed E-state index contributed by atoms with van der Waals surface area (Å²) in [5.41, 5.74) is 0.362. The largest absolute Gasteiger partial charge is 0.377 e. The van der Waals surface area contributed by atoms with Gasteiger partial charge in [-0.2, -0.15) is 0 Å². The third-order valence-corrected chi connectivity index (χ3v) is 5.58. The normalized spacial score (nSPS) is 18.6. The molecule has 3 heterocycles. The highest BCUT2D eigenvalue weighted by Gasteiger charge is 2.23. The van der Waals surface area contributed by atoms with Crippen molar-refractivity contribution in [1.82, 2.24) is 15.0 Å². The molecule has 1 aliphatic rings. The second-order valence-electron chi connectivity index (χ2n) is 5.55. The summed E-state index contributed by atoms with van der Waals surface area (Å²) in [7, 11) is -3.52. The number of morpholine rings is 1. The lowest BCUT2D eigenvalue weighted by Gasteiger charge is -2.34. The summed E-state index contributed by atoms with van der Waals surface area (Å²) < 4.78 is 30.4. The molecule has 9 heteroatoms. The van der Waals surface area contributed by atoms with Gasteiger partial charge in [-0.3, -0.25) is 4.98 Å². The Labute approximate surface area is 145 Å². The predicted octanol–water partition coefficient (Wildman–Crippen LogP) is 1.72. The molecule has 1 atom stereocenters. The molecule has 1 saturated heterocycles. The number of halogens is 1. The second kappa shape index (κ2) is 7.00. The summed E-state index contributed by atoms with van der Waals surface area (Å²) in [4.78, 5) is 14.4. The van der Waals surface area contributed by atoms with Crippen LogP contribution in [-0.2, 0) is 20.3 Å². The molecule has 24 heavy (non-hydrogen) atoms.